The van der Waals surface area contributed by atoms with Crippen LogP contribution >= 0.6 is 0 Å². The van der Waals surface area contributed by atoms with Gasteiger partial charge in [-0.15, -0.1) is 0 Å². The third-order valence-corrected chi connectivity index (χ3v) is 3.98. The Hall–Kier alpha value is -3.48. The molecule has 132 valence electrons. The fourth-order valence-electron chi connectivity index (χ4n) is 2.69. The molecule has 7 heteroatoms. The topological polar surface area (TPSA) is 99.7 Å². The summed E-state index contributed by atoms with van der Waals surface area (Å²) >= 11 is 0. The molecule has 0 amide bonds. The number of nitro groups is 1. The molecule has 0 atom stereocenters. The van der Waals surface area contributed by atoms with Crippen molar-refractivity contribution in [2.24, 2.45) is 0 Å². The van der Waals surface area contributed by atoms with Crippen LogP contribution in [0, 0.1) is 10.1 Å². The SMILES string of the molecule is CCc1cc2c(=O)c(-c3ccc([N+](=O)[O-])cc3)coc2cc1OC(C)=O. The number of hydrogen-bond donors (Lipinski definition) is 0. The molecular weight excluding hydrogens is 338 g/mol. The molecule has 0 aliphatic heterocycles. The van der Waals surface area contributed by atoms with Crippen molar-refractivity contribution in [3.05, 3.63) is 68.6 Å². The Labute approximate surface area is 148 Å². The summed E-state index contributed by atoms with van der Waals surface area (Å²) in [5.74, 6) is -0.0948. The number of hydrogen-bond acceptors (Lipinski definition) is 6. The zero-order valence-corrected chi connectivity index (χ0v) is 14.1. The van der Waals surface area contributed by atoms with Crippen LogP contribution in [0.4, 0.5) is 5.69 Å². The van der Waals surface area contributed by atoms with E-state index in [9.17, 15) is 19.7 Å². The summed E-state index contributed by atoms with van der Waals surface area (Å²) in [6, 6.07) is 8.85. The number of aryl methyl sites for hydroxylation is 1. The van der Waals surface area contributed by atoms with Crippen LogP contribution in [0.1, 0.15) is 19.4 Å². The van der Waals surface area contributed by atoms with Gasteiger partial charge >= 0.3 is 5.97 Å². The monoisotopic (exact) mass is 353 g/mol. The highest BCUT2D eigenvalue weighted by Gasteiger charge is 2.15. The van der Waals surface area contributed by atoms with Gasteiger partial charge in [-0.1, -0.05) is 6.92 Å². The maximum absolute atomic E-state index is 12.8. The van der Waals surface area contributed by atoms with E-state index >= 15 is 0 Å². The number of non-ortho nitro benzene ring substituents is 1. The van der Waals surface area contributed by atoms with Gasteiger partial charge in [0.1, 0.15) is 17.6 Å². The Morgan fingerprint density at radius 1 is 1.23 bits per heavy atom. The molecule has 1 heterocycles. The molecule has 0 saturated carbocycles. The minimum absolute atomic E-state index is 0.0572. The number of carbonyl (C=O) groups is 1. The second kappa shape index (κ2) is 6.79. The van der Waals surface area contributed by atoms with Crippen molar-refractivity contribution in [3.63, 3.8) is 0 Å². The van der Waals surface area contributed by atoms with Crippen LogP contribution in [-0.2, 0) is 11.2 Å². The highest BCUT2D eigenvalue weighted by Crippen LogP contribution is 2.28. The van der Waals surface area contributed by atoms with E-state index in [0.29, 0.717) is 39.8 Å². The van der Waals surface area contributed by atoms with E-state index in [2.05, 4.69) is 0 Å². The smallest absolute Gasteiger partial charge is 0.308 e. The van der Waals surface area contributed by atoms with Gasteiger partial charge in [-0.2, -0.15) is 0 Å². The van der Waals surface area contributed by atoms with Gasteiger partial charge in [-0.05, 0) is 35.7 Å². The molecule has 3 rings (SSSR count). The first-order valence-corrected chi connectivity index (χ1v) is 7.92. The maximum atomic E-state index is 12.8. The molecule has 0 bridgehead atoms. The zero-order valence-electron chi connectivity index (χ0n) is 14.1. The van der Waals surface area contributed by atoms with Gasteiger partial charge in [0.2, 0.25) is 5.43 Å². The highest BCUT2D eigenvalue weighted by atomic mass is 16.6. The van der Waals surface area contributed by atoms with E-state index in [4.69, 9.17) is 9.15 Å². The molecule has 0 aliphatic carbocycles. The van der Waals surface area contributed by atoms with Crippen LogP contribution in [0.5, 0.6) is 5.75 Å². The van der Waals surface area contributed by atoms with Gasteiger partial charge in [-0.25, -0.2) is 0 Å². The lowest BCUT2D eigenvalue weighted by molar-refractivity contribution is -0.384. The lowest BCUT2D eigenvalue weighted by Crippen LogP contribution is -2.08. The quantitative estimate of drug-likeness (QED) is 0.306. The Balaban J connectivity index is 2.14. The average Bonchev–Trinajstić information content (AvgIpc) is 2.61. The summed E-state index contributed by atoms with van der Waals surface area (Å²) in [6.45, 7) is 3.19. The molecule has 0 saturated heterocycles. The Bertz CT molecular complexity index is 1070. The van der Waals surface area contributed by atoms with Crippen LogP contribution in [0.15, 0.2) is 51.9 Å². The summed E-state index contributed by atoms with van der Waals surface area (Å²) in [5, 5.41) is 11.1. The van der Waals surface area contributed by atoms with E-state index in [1.165, 1.54) is 43.5 Å². The van der Waals surface area contributed by atoms with E-state index in [1.54, 1.807) is 6.07 Å². The number of nitro benzene ring substituents is 1. The Kier molecular flexibility index (Phi) is 4.53. The first kappa shape index (κ1) is 17.3. The lowest BCUT2D eigenvalue weighted by Gasteiger charge is -2.09. The normalized spacial score (nSPS) is 10.7. The zero-order chi connectivity index (χ0) is 18.8. The molecule has 2 aromatic carbocycles. The van der Waals surface area contributed by atoms with Crippen molar-refractivity contribution in [2.45, 2.75) is 20.3 Å². The minimum Gasteiger partial charge on any atom is -0.463 e. The molecule has 1 aromatic heterocycles. The highest BCUT2D eigenvalue weighted by molar-refractivity contribution is 5.84. The molecule has 26 heavy (non-hydrogen) atoms. The van der Waals surface area contributed by atoms with E-state index in [0.717, 1.165) is 0 Å². The van der Waals surface area contributed by atoms with Gasteiger partial charge < -0.3 is 9.15 Å². The maximum Gasteiger partial charge on any atom is 0.308 e. The van der Waals surface area contributed by atoms with E-state index in [1.807, 2.05) is 6.92 Å². The van der Waals surface area contributed by atoms with Crippen molar-refractivity contribution in [3.8, 4) is 16.9 Å². The van der Waals surface area contributed by atoms with Crippen molar-refractivity contribution in [2.75, 3.05) is 0 Å². The van der Waals surface area contributed by atoms with Gasteiger partial charge in [0.25, 0.3) is 5.69 Å². The number of fused-ring (bicyclic) bond motifs is 1. The first-order valence-electron chi connectivity index (χ1n) is 7.92. The number of carbonyl (C=O) groups excluding carboxylic acids is 1. The molecule has 7 nitrogen and oxygen atoms in total. The van der Waals surface area contributed by atoms with Gasteiger partial charge in [0.15, 0.2) is 0 Å². The van der Waals surface area contributed by atoms with Crippen molar-refractivity contribution >= 4 is 22.6 Å². The van der Waals surface area contributed by atoms with Gasteiger partial charge in [0, 0.05) is 25.1 Å². The van der Waals surface area contributed by atoms with Gasteiger partial charge in [-0.3, -0.25) is 19.7 Å². The Morgan fingerprint density at radius 2 is 1.92 bits per heavy atom. The standard InChI is InChI=1S/C19H15NO6/c1-3-12-8-15-18(9-17(12)26-11(2)21)25-10-16(19(15)22)13-4-6-14(7-5-13)20(23)24/h4-10H,3H2,1-2H3. The Morgan fingerprint density at radius 3 is 2.50 bits per heavy atom. The number of rotatable bonds is 4. The number of esters is 1. The molecule has 0 radical (unpaired) electrons. The van der Waals surface area contributed by atoms with E-state index < -0.39 is 10.9 Å². The van der Waals surface area contributed by atoms with Crippen LogP contribution in [-0.4, -0.2) is 10.9 Å². The average molecular weight is 353 g/mol. The second-order valence-electron chi connectivity index (χ2n) is 5.69. The summed E-state index contributed by atoms with van der Waals surface area (Å²) in [5.41, 5.74) is 1.51. The molecule has 0 aliphatic rings. The minimum atomic E-state index is -0.503. The molecule has 0 unspecified atom stereocenters. The van der Waals surface area contributed by atoms with Crippen molar-refractivity contribution in [1.82, 2.24) is 0 Å². The van der Waals surface area contributed by atoms with Crippen molar-refractivity contribution < 1.29 is 18.9 Å². The third-order valence-electron chi connectivity index (χ3n) is 3.98. The summed E-state index contributed by atoms with van der Waals surface area (Å²) in [6.07, 6.45) is 1.87. The fourth-order valence-corrected chi connectivity index (χ4v) is 2.69. The summed E-state index contributed by atoms with van der Waals surface area (Å²) in [7, 11) is 0. The van der Waals surface area contributed by atoms with Crippen LogP contribution in [0.25, 0.3) is 22.1 Å². The number of benzene rings is 2. The van der Waals surface area contributed by atoms with Gasteiger partial charge in [0.05, 0.1) is 15.9 Å². The van der Waals surface area contributed by atoms with Crippen LogP contribution in [0.3, 0.4) is 0 Å². The molecule has 0 spiro atoms. The summed E-state index contributed by atoms with van der Waals surface area (Å²) < 4.78 is 10.7. The molecule has 0 N–H and O–H groups in total. The predicted molar refractivity (Wildman–Crippen MR) is 95.3 cm³/mol. The largest absolute Gasteiger partial charge is 0.463 e. The molecule has 3 aromatic rings. The second-order valence-corrected chi connectivity index (χ2v) is 5.69. The summed E-state index contributed by atoms with van der Waals surface area (Å²) in [4.78, 5) is 34.3. The van der Waals surface area contributed by atoms with Crippen LogP contribution < -0.4 is 10.2 Å². The van der Waals surface area contributed by atoms with E-state index in [-0.39, 0.29) is 11.1 Å². The molecule has 0 fully saturated rings. The third kappa shape index (κ3) is 3.19. The number of ether oxygens (including phenoxy) is 1. The van der Waals surface area contributed by atoms with Crippen LogP contribution in [0.2, 0.25) is 0 Å². The predicted octanol–water partition coefficient (Wildman–Crippen LogP) is 3.86. The molecular formula is C19H15NO6. The van der Waals surface area contributed by atoms with Crippen molar-refractivity contribution in [1.29, 1.82) is 0 Å². The number of nitrogens with zero attached hydrogens (tertiary/aromatic N) is 1. The fraction of sp³-hybridized carbons (Fsp3) is 0.158. The first-order chi connectivity index (χ1) is 12.4. The lowest BCUT2D eigenvalue weighted by atomic mass is 10.0.